The van der Waals surface area contributed by atoms with Crippen LogP contribution in [0.25, 0.3) is 10.8 Å². The molecule has 0 aromatic heterocycles. The predicted molar refractivity (Wildman–Crippen MR) is 100 cm³/mol. The summed E-state index contributed by atoms with van der Waals surface area (Å²) in [7, 11) is -3.63. The summed E-state index contributed by atoms with van der Waals surface area (Å²) in [5.41, 5.74) is 2.60. The van der Waals surface area contributed by atoms with Crippen LogP contribution in [0.5, 0.6) is 0 Å². The molecule has 0 spiro atoms. The first-order valence-corrected chi connectivity index (χ1v) is 9.48. The van der Waals surface area contributed by atoms with Gasteiger partial charge < -0.3 is 0 Å². The quantitative estimate of drug-likeness (QED) is 0.721. The lowest BCUT2D eigenvalue weighted by atomic mass is 9.99. The first-order chi connectivity index (χ1) is 11.4. The molecule has 124 valence electrons. The molecule has 0 bridgehead atoms. The van der Waals surface area contributed by atoms with Crippen molar-refractivity contribution in [2.45, 2.75) is 31.6 Å². The lowest BCUT2D eigenvalue weighted by Gasteiger charge is -2.17. The fourth-order valence-corrected chi connectivity index (χ4v) is 4.03. The molecular weight excluding hydrogens is 318 g/mol. The minimum atomic E-state index is -3.63. The normalized spacial score (nSPS) is 11.8. The van der Waals surface area contributed by atoms with Crippen molar-refractivity contribution in [3.05, 3.63) is 71.8 Å². The highest BCUT2D eigenvalue weighted by atomic mass is 32.2. The van der Waals surface area contributed by atoms with E-state index in [9.17, 15) is 8.42 Å². The minimum absolute atomic E-state index is 0.235. The van der Waals surface area contributed by atoms with E-state index in [1.807, 2.05) is 55.5 Å². The van der Waals surface area contributed by atoms with Crippen molar-refractivity contribution in [3.8, 4) is 0 Å². The molecule has 0 unspecified atom stereocenters. The maximum Gasteiger partial charge on any atom is 0.261 e. The number of aryl methyl sites for hydroxylation is 1. The van der Waals surface area contributed by atoms with E-state index in [4.69, 9.17) is 0 Å². The van der Waals surface area contributed by atoms with E-state index in [1.165, 1.54) is 0 Å². The Morgan fingerprint density at radius 3 is 2.29 bits per heavy atom. The van der Waals surface area contributed by atoms with Gasteiger partial charge in [-0.15, -0.1) is 0 Å². The van der Waals surface area contributed by atoms with Gasteiger partial charge in [0.05, 0.1) is 10.6 Å². The Kier molecular flexibility index (Phi) is 4.33. The van der Waals surface area contributed by atoms with E-state index in [0.717, 1.165) is 21.9 Å². The fraction of sp³-hybridized carbons (Fsp3) is 0.200. The number of hydrogen-bond donors (Lipinski definition) is 1. The lowest BCUT2D eigenvalue weighted by Crippen LogP contribution is -2.15. The summed E-state index contributed by atoms with van der Waals surface area (Å²) in [6.45, 7) is 6.04. The second-order valence-corrected chi connectivity index (χ2v) is 7.99. The number of nitrogens with one attached hydrogen (secondary N) is 1. The molecule has 0 saturated heterocycles. The van der Waals surface area contributed by atoms with Crippen molar-refractivity contribution in [2.75, 3.05) is 4.72 Å². The van der Waals surface area contributed by atoms with Gasteiger partial charge in [-0.2, -0.15) is 0 Å². The highest BCUT2D eigenvalue weighted by Gasteiger charge is 2.18. The number of benzene rings is 3. The van der Waals surface area contributed by atoms with Gasteiger partial charge in [0.25, 0.3) is 10.0 Å². The van der Waals surface area contributed by atoms with Crippen LogP contribution in [0.3, 0.4) is 0 Å². The van der Waals surface area contributed by atoms with Crippen molar-refractivity contribution in [2.24, 2.45) is 0 Å². The molecule has 0 aliphatic heterocycles. The second-order valence-electron chi connectivity index (χ2n) is 6.31. The maximum atomic E-state index is 12.9. The molecule has 0 amide bonds. The van der Waals surface area contributed by atoms with Gasteiger partial charge in [-0.3, -0.25) is 4.72 Å². The number of para-hydroxylation sites is 1. The Balaban J connectivity index is 2.05. The summed E-state index contributed by atoms with van der Waals surface area (Å²) < 4.78 is 28.5. The first kappa shape index (κ1) is 16.5. The van der Waals surface area contributed by atoms with Gasteiger partial charge >= 0.3 is 0 Å². The number of hydrogen-bond acceptors (Lipinski definition) is 2. The zero-order chi connectivity index (χ0) is 17.3. The van der Waals surface area contributed by atoms with E-state index < -0.39 is 10.0 Å². The topological polar surface area (TPSA) is 46.2 Å². The van der Waals surface area contributed by atoms with Crippen LogP contribution in [0.4, 0.5) is 5.69 Å². The van der Waals surface area contributed by atoms with Crippen LogP contribution >= 0.6 is 0 Å². The number of anilines is 1. The van der Waals surface area contributed by atoms with Gasteiger partial charge in [0, 0.05) is 0 Å². The molecule has 3 aromatic rings. The zero-order valence-electron chi connectivity index (χ0n) is 14.1. The molecular formula is C20H21NO2S. The predicted octanol–water partition coefficient (Wildman–Crippen LogP) is 5.07. The monoisotopic (exact) mass is 339 g/mol. The molecule has 0 aliphatic carbocycles. The third-order valence-electron chi connectivity index (χ3n) is 4.19. The van der Waals surface area contributed by atoms with Crippen molar-refractivity contribution >= 4 is 26.5 Å². The fourth-order valence-electron chi connectivity index (χ4n) is 2.84. The minimum Gasteiger partial charge on any atom is -0.279 e. The third kappa shape index (κ3) is 3.15. The molecule has 0 radical (unpaired) electrons. The first-order valence-electron chi connectivity index (χ1n) is 7.99. The standard InChI is InChI=1S/C20H21NO2S/c1-14(2)19-10-6-7-15(3)20(19)21-24(22,23)18-12-11-16-8-4-5-9-17(16)13-18/h4-14,21H,1-3H3. The van der Waals surface area contributed by atoms with E-state index in [0.29, 0.717) is 5.69 Å². The van der Waals surface area contributed by atoms with Crippen LogP contribution in [-0.2, 0) is 10.0 Å². The molecule has 3 nitrogen and oxygen atoms in total. The van der Waals surface area contributed by atoms with Crippen LogP contribution < -0.4 is 4.72 Å². The average Bonchev–Trinajstić information content (AvgIpc) is 2.56. The SMILES string of the molecule is Cc1cccc(C(C)C)c1NS(=O)(=O)c1ccc2ccccc2c1. The van der Waals surface area contributed by atoms with Gasteiger partial charge in [-0.05, 0) is 46.9 Å². The highest BCUT2D eigenvalue weighted by molar-refractivity contribution is 7.92. The van der Waals surface area contributed by atoms with Gasteiger partial charge in [0.2, 0.25) is 0 Å². The van der Waals surface area contributed by atoms with Gasteiger partial charge in [-0.1, -0.05) is 62.4 Å². The third-order valence-corrected chi connectivity index (χ3v) is 5.54. The van der Waals surface area contributed by atoms with E-state index in [1.54, 1.807) is 12.1 Å². The van der Waals surface area contributed by atoms with Crippen LogP contribution in [0.2, 0.25) is 0 Å². The molecule has 3 aromatic carbocycles. The lowest BCUT2D eigenvalue weighted by molar-refractivity contribution is 0.601. The van der Waals surface area contributed by atoms with Crippen molar-refractivity contribution in [1.82, 2.24) is 0 Å². The summed E-state index contributed by atoms with van der Waals surface area (Å²) in [4.78, 5) is 0.277. The Bertz CT molecular complexity index is 991. The number of sulfonamides is 1. The van der Waals surface area contributed by atoms with E-state index >= 15 is 0 Å². The summed E-state index contributed by atoms with van der Waals surface area (Å²) in [5, 5.41) is 1.93. The Hall–Kier alpha value is -2.33. The molecule has 0 saturated carbocycles. The van der Waals surface area contributed by atoms with Crippen molar-refractivity contribution in [3.63, 3.8) is 0 Å². The Morgan fingerprint density at radius 2 is 1.58 bits per heavy atom. The van der Waals surface area contributed by atoms with Crippen molar-refractivity contribution in [1.29, 1.82) is 0 Å². The van der Waals surface area contributed by atoms with Crippen molar-refractivity contribution < 1.29 is 8.42 Å². The van der Waals surface area contributed by atoms with Gasteiger partial charge in [0.1, 0.15) is 0 Å². The average molecular weight is 339 g/mol. The van der Waals surface area contributed by atoms with Crippen LogP contribution in [0.15, 0.2) is 65.6 Å². The maximum absolute atomic E-state index is 12.9. The molecule has 0 heterocycles. The highest BCUT2D eigenvalue weighted by Crippen LogP contribution is 2.30. The number of rotatable bonds is 4. The van der Waals surface area contributed by atoms with Crippen LogP contribution in [-0.4, -0.2) is 8.42 Å². The summed E-state index contributed by atoms with van der Waals surface area (Å²) >= 11 is 0. The number of fused-ring (bicyclic) bond motifs is 1. The Labute approximate surface area is 143 Å². The molecule has 0 fully saturated rings. The van der Waals surface area contributed by atoms with E-state index in [2.05, 4.69) is 18.6 Å². The molecule has 4 heteroatoms. The van der Waals surface area contributed by atoms with Crippen LogP contribution in [0, 0.1) is 6.92 Å². The molecule has 3 rings (SSSR count). The zero-order valence-corrected chi connectivity index (χ0v) is 14.9. The summed E-state index contributed by atoms with van der Waals surface area (Å²) in [6, 6.07) is 18.8. The van der Waals surface area contributed by atoms with E-state index in [-0.39, 0.29) is 10.8 Å². The summed E-state index contributed by atoms with van der Waals surface area (Å²) in [5.74, 6) is 0.235. The van der Waals surface area contributed by atoms with Gasteiger partial charge in [0.15, 0.2) is 0 Å². The Morgan fingerprint density at radius 1 is 0.875 bits per heavy atom. The van der Waals surface area contributed by atoms with Gasteiger partial charge in [-0.25, -0.2) is 8.42 Å². The second kappa shape index (κ2) is 6.29. The largest absolute Gasteiger partial charge is 0.279 e. The molecule has 24 heavy (non-hydrogen) atoms. The molecule has 0 atom stereocenters. The summed E-state index contributed by atoms with van der Waals surface area (Å²) in [6.07, 6.45) is 0. The smallest absolute Gasteiger partial charge is 0.261 e. The molecule has 0 aliphatic rings. The molecule has 1 N–H and O–H groups in total. The van der Waals surface area contributed by atoms with Crippen LogP contribution in [0.1, 0.15) is 30.9 Å².